The molecule has 33 heavy (non-hydrogen) atoms. The number of hydrogen-bond donors (Lipinski definition) is 4. The molecule has 0 fully saturated rings. The zero-order valence-corrected chi connectivity index (χ0v) is 18.6. The van der Waals surface area contributed by atoms with Crippen molar-refractivity contribution in [3.05, 3.63) is 48.7 Å². The molecule has 1 aromatic carbocycles. The molecule has 4 N–H and O–H groups in total. The zero-order chi connectivity index (χ0) is 23.4. The highest BCUT2D eigenvalue weighted by Crippen LogP contribution is 2.33. The van der Waals surface area contributed by atoms with Crippen molar-refractivity contribution in [3.8, 4) is 22.4 Å². The molecule has 3 aromatic heterocycles. The first kappa shape index (κ1) is 22.1. The van der Waals surface area contributed by atoms with E-state index in [0.717, 1.165) is 17.7 Å². The van der Waals surface area contributed by atoms with E-state index in [1.54, 1.807) is 12.4 Å². The summed E-state index contributed by atoms with van der Waals surface area (Å²) in [5.74, 6) is 0.787. The zero-order valence-electron chi connectivity index (χ0n) is 18.6. The first-order valence-electron chi connectivity index (χ1n) is 10.7. The smallest absolute Gasteiger partial charge is 0.321 e. The Balaban J connectivity index is 1.77. The number of urea groups is 1. The SMILES string of the molecule is CCNC(=O)Nc1nc2cc(-c3cnc(NCC(C)C)nc3)cc(-c3ncccc3F)c2[nH]1. The van der Waals surface area contributed by atoms with Crippen molar-refractivity contribution in [2.24, 2.45) is 5.92 Å². The number of aromatic nitrogens is 5. The lowest BCUT2D eigenvalue weighted by Gasteiger charge is -2.09. The molecule has 0 saturated heterocycles. The Morgan fingerprint density at radius 2 is 1.94 bits per heavy atom. The third kappa shape index (κ3) is 5.05. The summed E-state index contributed by atoms with van der Waals surface area (Å²) in [6.45, 7) is 7.27. The minimum absolute atomic E-state index is 0.175. The van der Waals surface area contributed by atoms with Gasteiger partial charge in [0.25, 0.3) is 0 Å². The Hall–Kier alpha value is -4.08. The summed E-state index contributed by atoms with van der Waals surface area (Å²) in [5.41, 5.74) is 3.27. The van der Waals surface area contributed by atoms with E-state index in [2.05, 4.69) is 54.7 Å². The van der Waals surface area contributed by atoms with Crippen LogP contribution in [-0.2, 0) is 0 Å². The van der Waals surface area contributed by atoms with E-state index in [-0.39, 0.29) is 17.7 Å². The number of rotatable bonds is 7. The number of amides is 2. The molecule has 0 aliphatic rings. The summed E-state index contributed by atoms with van der Waals surface area (Å²) >= 11 is 0. The molecule has 0 atom stereocenters. The van der Waals surface area contributed by atoms with Crippen LogP contribution in [0.15, 0.2) is 42.9 Å². The van der Waals surface area contributed by atoms with Crippen LogP contribution in [0.4, 0.5) is 21.1 Å². The number of anilines is 2. The minimum Gasteiger partial charge on any atom is -0.354 e. The lowest BCUT2D eigenvalue weighted by atomic mass is 10.0. The van der Waals surface area contributed by atoms with Crippen molar-refractivity contribution in [2.45, 2.75) is 20.8 Å². The fourth-order valence-electron chi connectivity index (χ4n) is 3.29. The molecule has 3 heterocycles. The molecular weight excluding hydrogens is 423 g/mol. The number of benzene rings is 1. The van der Waals surface area contributed by atoms with Crippen LogP contribution in [0.2, 0.25) is 0 Å². The van der Waals surface area contributed by atoms with Crippen molar-refractivity contribution >= 4 is 29.0 Å². The van der Waals surface area contributed by atoms with Crippen LogP contribution in [-0.4, -0.2) is 44.0 Å². The van der Waals surface area contributed by atoms with Gasteiger partial charge in [-0.15, -0.1) is 0 Å². The summed E-state index contributed by atoms with van der Waals surface area (Å²) in [5, 5.41) is 8.48. The third-order valence-corrected chi connectivity index (χ3v) is 4.83. The number of H-pyrrole nitrogens is 1. The quantitative estimate of drug-likeness (QED) is 0.332. The number of nitrogens with one attached hydrogen (secondary N) is 4. The van der Waals surface area contributed by atoms with Gasteiger partial charge in [-0.2, -0.15) is 0 Å². The summed E-state index contributed by atoms with van der Waals surface area (Å²) in [6.07, 6.45) is 4.94. The maximum Gasteiger partial charge on any atom is 0.321 e. The maximum atomic E-state index is 14.6. The number of halogens is 1. The Labute approximate surface area is 190 Å². The molecule has 0 bridgehead atoms. The second-order valence-corrected chi connectivity index (χ2v) is 7.89. The van der Waals surface area contributed by atoms with Crippen molar-refractivity contribution in [1.82, 2.24) is 30.2 Å². The van der Waals surface area contributed by atoms with Crippen LogP contribution in [0, 0.1) is 11.7 Å². The second-order valence-electron chi connectivity index (χ2n) is 7.89. The fourth-order valence-corrected chi connectivity index (χ4v) is 3.29. The van der Waals surface area contributed by atoms with Crippen LogP contribution >= 0.6 is 0 Å². The predicted octanol–water partition coefficient (Wildman–Crippen LogP) is 4.43. The summed E-state index contributed by atoms with van der Waals surface area (Å²) in [4.78, 5) is 32.5. The molecule has 0 aliphatic heterocycles. The van der Waals surface area contributed by atoms with E-state index in [1.807, 2.05) is 19.1 Å². The lowest BCUT2D eigenvalue weighted by Crippen LogP contribution is -2.28. The third-order valence-electron chi connectivity index (χ3n) is 4.83. The average Bonchev–Trinajstić information content (AvgIpc) is 3.20. The number of nitrogens with zero attached hydrogens (tertiary/aromatic N) is 4. The highest BCUT2D eigenvalue weighted by molar-refractivity contribution is 5.98. The van der Waals surface area contributed by atoms with Crippen molar-refractivity contribution in [1.29, 1.82) is 0 Å². The number of pyridine rings is 1. The van der Waals surface area contributed by atoms with Crippen molar-refractivity contribution < 1.29 is 9.18 Å². The van der Waals surface area contributed by atoms with Crippen LogP contribution in [0.3, 0.4) is 0 Å². The molecule has 0 spiro atoms. The van der Waals surface area contributed by atoms with E-state index in [9.17, 15) is 9.18 Å². The van der Waals surface area contributed by atoms with E-state index in [4.69, 9.17) is 0 Å². The number of fused-ring (bicyclic) bond motifs is 1. The molecule has 0 radical (unpaired) electrons. The topological polar surface area (TPSA) is 121 Å². The van der Waals surface area contributed by atoms with Gasteiger partial charge in [0.15, 0.2) is 0 Å². The van der Waals surface area contributed by atoms with E-state index in [1.165, 1.54) is 18.3 Å². The molecular formula is C23H25FN8O. The lowest BCUT2D eigenvalue weighted by molar-refractivity contribution is 0.252. The van der Waals surface area contributed by atoms with E-state index in [0.29, 0.717) is 35.0 Å². The van der Waals surface area contributed by atoms with Crippen LogP contribution in [0.25, 0.3) is 33.4 Å². The molecule has 4 rings (SSSR count). The molecule has 4 aromatic rings. The normalized spacial score (nSPS) is 11.1. The highest BCUT2D eigenvalue weighted by Gasteiger charge is 2.17. The molecule has 2 amide bonds. The number of aromatic amines is 1. The Bertz CT molecular complexity index is 1270. The van der Waals surface area contributed by atoms with Gasteiger partial charge in [-0.3, -0.25) is 10.3 Å². The van der Waals surface area contributed by atoms with Gasteiger partial charge < -0.3 is 15.6 Å². The summed E-state index contributed by atoms with van der Waals surface area (Å²) < 4.78 is 14.6. The van der Waals surface area contributed by atoms with Gasteiger partial charge in [-0.25, -0.2) is 24.1 Å². The van der Waals surface area contributed by atoms with Crippen LogP contribution in [0.5, 0.6) is 0 Å². The number of carbonyl (C=O) groups is 1. The predicted molar refractivity (Wildman–Crippen MR) is 126 cm³/mol. The van der Waals surface area contributed by atoms with Gasteiger partial charge in [0.2, 0.25) is 11.9 Å². The second kappa shape index (κ2) is 9.60. The number of imidazole rings is 1. The van der Waals surface area contributed by atoms with Gasteiger partial charge in [-0.05, 0) is 42.7 Å². The number of carbonyl (C=O) groups excluding carboxylic acids is 1. The maximum absolute atomic E-state index is 14.6. The molecule has 9 nitrogen and oxygen atoms in total. The van der Waals surface area contributed by atoms with Gasteiger partial charge in [-0.1, -0.05) is 13.8 Å². The minimum atomic E-state index is -0.465. The van der Waals surface area contributed by atoms with E-state index < -0.39 is 5.82 Å². The summed E-state index contributed by atoms with van der Waals surface area (Å²) in [6, 6.07) is 6.13. The first-order valence-corrected chi connectivity index (χ1v) is 10.7. The van der Waals surface area contributed by atoms with Gasteiger partial charge in [0.1, 0.15) is 11.5 Å². The molecule has 10 heteroatoms. The van der Waals surface area contributed by atoms with Crippen molar-refractivity contribution in [2.75, 3.05) is 23.7 Å². The van der Waals surface area contributed by atoms with Gasteiger partial charge in [0, 0.05) is 42.8 Å². The molecule has 170 valence electrons. The fraction of sp³-hybridized carbons (Fsp3) is 0.261. The largest absolute Gasteiger partial charge is 0.354 e. The van der Waals surface area contributed by atoms with Crippen molar-refractivity contribution in [3.63, 3.8) is 0 Å². The summed E-state index contributed by atoms with van der Waals surface area (Å²) in [7, 11) is 0. The molecule has 0 unspecified atom stereocenters. The average molecular weight is 449 g/mol. The monoisotopic (exact) mass is 448 g/mol. The van der Waals surface area contributed by atoms with Gasteiger partial charge >= 0.3 is 6.03 Å². The van der Waals surface area contributed by atoms with Gasteiger partial charge in [0.05, 0.1) is 11.0 Å². The Kier molecular flexibility index (Phi) is 6.43. The Morgan fingerprint density at radius 1 is 1.15 bits per heavy atom. The Morgan fingerprint density at radius 3 is 2.64 bits per heavy atom. The highest BCUT2D eigenvalue weighted by atomic mass is 19.1. The van der Waals surface area contributed by atoms with Crippen LogP contribution in [0.1, 0.15) is 20.8 Å². The standard InChI is InChI=1S/C23H25FN8O/c1-4-25-23(33)32-22-30-18-9-14(15-11-28-21(29-12-15)27-10-13(2)3)8-16(20(18)31-22)19-17(24)6-5-7-26-19/h5-9,11-13H,4,10H2,1-3H3,(H,27,28,29)(H3,25,30,31,32,33). The first-order chi connectivity index (χ1) is 15.9. The van der Waals surface area contributed by atoms with E-state index >= 15 is 0 Å². The molecule has 0 aliphatic carbocycles. The number of hydrogen-bond acceptors (Lipinski definition) is 6. The van der Waals surface area contributed by atoms with Crippen LogP contribution < -0.4 is 16.0 Å². The molecule has 0 saturated carbocycles.